The summed E-state index contributed by atoms with van der Waals surface area (Å²) in [6.07, 6.45) is 2.11. The lowest BCUT2D eigenvalue weighted by molar-refractivity contribution is -0.130. The molecule has 0 atom stereocenters. The van der Waals surface area contributed by atoms with Gasteiger partial charge in [0, 0.05) is 26.1 Å². The summed E-state index contributed by atoms with van der Waals surface area (Å²) < 4.78 is 0. The maximum absolute atomic E-state index is 12.5. The Bertz CT molecular complexity index is 944. The van der Waals surface area contributed by atoms with Crippen LogP contribution in [0.15, 0.2) is 35.2 Å². The Hall–Kier alpha value is -3.14. The minimum atomic E-state index is -0.931. The van der Waals surface area contributed by atoms with Gasteiger partial charge in [-0.25, -0.2) is 4.79 Å². The smallest absolute Gasteiger partial charge is 0.325 e. The topological polar surface area (TPSA) is 116 Å². The monoisotopic (exact) mass is 444 g/mol. The summed E-state index contributed by atoms with van der Waals surface area (Å²) in [5.74, 6) is -0.979. The zero-order valence-corrected chi connectivity index (χ0v) is 18.2. The van der Waals surface area contributed by atoms with E-state index < -0.39 is 11.6 Å². The van der Waals surface area contributed by atoms with Crippen LogP contribution in [-0.2, 0) is 14.4 Å². The van der Waals surface area contributed by atoms with Crippen LogP contribution in [0.4, 0.5) is 9.59 Å². The molecule has 0 aliphatic carbocycles. The molecule has 2 aliphatic rings. The third-order valence-corrected chi connectivity index (χ3v) is 5.77. The van der Waals surface area contributed by atoms with Gasteiger partial charge in [-0.1, -0.05) is 30.3 Å². The van der Waals surface area contributed by atoms with Crippen molar-refractivity contribution < 1.29 is 24.0 Å². The number of rotatable bonds is 8. The summed E-state index contributed by atoms with van der Waals surface area (Å²) in [6.45, 7) is 3.60. The first-order valence-corrected chi connectivity index (χ1v) is 10.7. The first-order valence-electron chi connectivity index (χ1n) is 9.90. The predicted molar refractivity (Wildman–Crippen MR) is 116 cm³/mol. The van der Waals surface area contributed by atoms with Gasteiger partial charge >= 0.3 is 6.03 Å². The Kier molecular flexibility index (Phi) is 6.79. The molecule has 0 saturated carbocycles. The van der Waals surface area contributed by atoms with E-state index in [4.69, 9.17) is 0 Å². The number of carbonyl (C=O) groups excluding carboxylic acids is 5. The fourth-order valence-electron chi connectivity index (χ4n) is 3.21. The van der Waals surface area contributed by atoms with Crippen LogP contribution in [0.3, 0.4) is 0 Å². The molecule has 0 aromatic heterocycles. The summed E-state index contributed by atoms with van der Waals surface area (Å²) in [6, 6.07) is 8.78. The lowest BCUT2D eigenvalue weighted by Gasteiger charge is -2.16. The SMILES string of the molecule is CC1(C)NC(=O)N(CCCC(=O)NCCN2C(=O)S/C(=C\c3ccccc3)C2=O)C1=O. The third-order valence-electron chi connectivity index (χ3n) is 4.86. The van der Waals surface area contributed by atoms with Crippen molar-refractivity contribution >= 4 is 46.8 Å². The number of amides is 6. The second-order valence-corrected chi connectivity index (χ2v) is 8.70. The fraction of sp³-hybridized carbons (Fsp3) is 0.381. The van der Waals surface area contributed by atoms with E-state index in [-0.39, 0.29) is 49.0 Å². The van der Waals surface area contributed by atoms with Gasteiger partial charge in [0.1, 0.15) is 5.54 Å². The average molecular weight is 445 g/mol. The Balaban J connectivity index is 1.41. The molecule has 2 fully saturated rings. The van der Waals surface area contributed by atoms with Crippen LogP contribution in [0.25, 0.3) is 6.08 Å². The molecular weight excluding hydrogens is 420 g/mol. The van der Waals surface area contributed by atoms with Gasteiger partial charge in [-0.2, -0.15) is 0 Å². The van der Waals surface area contributed by atoms with E-state index in [1.807, 2.05) is 30.3 Å². The van der Waals surface area contributed by atoms with E-state index in [1.165, 1.54) is 0 Å². The van der Waals surface area contributed by atoms with Crippen molar-refractivity contribution in [3.05, 3.63) is 40.8 Å². The third kappa shape index (κ3) is 5.32. The number of thioether (sulfide) groups is 1. The van der Waals surface area contributed by atoms with Crippen LogP contribution in [-0.4, -0.2) is 64.0 Å². The zero-order chi connectivity index (χ0) is 22.6. The van der Waals surface area contributed by atoms with Crippen LogP contribution in [0, 0.1) is 0 Å². The molecule has 1 aromatic carbocycles. The van der Waals surface area contributed by atoms with Crippen molar-refractivity contribution in [2.45, 2.75) is 32.2 Å². The van der Waals surface area contributed by atoms with E-state index in [0.717, 1.165) is 27.1 Å². The van der Waals surface area contributed by atoms with Crippen molar-refractivity contribution in [3.8, 4) is 0 Å². The minimum absolute atomic E-state index is 0.0732. The number of imide groups is 2. The molecule has 164 valence electrons. The molecule has 31 heavy (non-hydrogen) atoms. The zero-order valence-electron chi connectivity index (χ0n) is 17.3. The largest absolute Gasteiger partial charge is 0.354 e. The number of hydrogen-bond donors (Lipinski definition) is 2. The molecule has 0 bridgehead atoms. The molecule has 0 radical (unpaired) electrons. The van der Waals surface area contributed by atoms with Gasteiger partial charge in [-0.15, -0.1) is 0 Å². The molecule has 2 saturated heterocycles. The number of nitrogens with zero attached hydrogens (tertiary/aromatic N) is 2. The van der Waals surface area contributed by atoms with Gasteiger partial charge in [0.05, 0.1) is 4.91 Å². The van der Waals surface area contributed by atoms with Crippen LogP contribution in [0.5, 0.6) is 0 Å². The van der Waals surface area contributed by atoms with E-state index in [0.29, 0.717) is 11.3 Å². The van der Waals surface area contributed by atoms with Crippen LogP contribution in [0.2, 0.25) is 0 Å². The molecule has 2 heterocycles. The standard InChI is InChI=1S/C21H24N4O5S/c1-21(2)18(28)25(19(29)23-21)11-6-9-16(26)22-10-12-24-17(27)15(31-20(24)30)13-14-7-4-3-5-8-14/h3-5,7-8,13H,6,9-12H2,1-2H3,(H,22,26)(H,23,29)/b15-13-. The lowest BCUT2D eigenvalue weighted by atomic mass is 10.1. The van der Waals surface area contributed by atoms with Crippen molar-refractivity contribution in [2.24, 2.45) is 0 Å². The Morgan fingerprint density at radius 1 is 1.10 bits per heavy atom. The number of benzene rings is 1. The van der Waals surface area contributed by atoms with Crippen LogP contribution in [0.1, 0.15) is 32.3 Å². The summed E-state index contributed by atoms with van der Waals surface area (Å²) in [5, 5.41) is 4.87. The van der Waals surface area contributed by atoms with Crippen molar-refractivity contribution in [1.82, 2.24) is 20.4 Å². The van der Waals surface area contributed by atoms with E-state index in [1.54, 1.807) is 19.9 Å². The van der Waals surface area contributed by atoms with E-state index >= 15 is 0 Å². The van der Waals surface area contributed by atoms with Crippen molar-refractivity contribution in [1.29, 1.82) is 0 Å². The quantitative estimate of drug-likeness (QED) is 0.468. The predicted octanol–water partition coefficient (Wildman–Crippen LogP) is 1.95. The summed E-state index contributed by atoms with van der Waals surface area (Å²) in [5.41, 5.74) is -0.102. The summed E-state index contributed by atoms with van der Waals surface area (Å²) in [4.78, 5) is 63.1. The van der Waals surface area contributed by atoms with Gasteiger partial charge in [-0.05, 0) is 43.7 Å². The van der Waals surface area contributed by atoms with E-state index in [9.17, 15) is 24.0 Å². The van der Waals surface area contributed by atoms with Crippen molar-refractivity contribution in [3.63, 3.8) is 0 Å². The molecule has 0 spiro atoms. The van der Waals surface area contributed by atoms with Crippen molar-refractivity contribution in [2.75, 3.05) is 19.6 Å². The number of urea groups is 1. The number of nitrogens with one attached hydrogen (secondary N) is 2. The van der Waals surface area contributed by atoms with E-state index in [2.05, 4.69) is 10.6 Å². The average Bonchev–Trinajstić information content (AvgIpc) is 3.08. The van der Waals surface area contributed by atoms with Gasteiger partial charge in [0.15, 0.2) is 0 Å². The highest BCUT2D eigenvalue weighted by Gasteiger charge is 2.43. The van der Waals surface area contributed by atoms with Crippen LogP contribution >= 0.6 is 11.8 Å². The molecular formula is C21H24N4O5S. The van der Waals surface area contributed by atoms with Crippen LogP contribution < -0.4 is 10.6 Å². The number of carbonyl (C=O) groups is 5. The molecule has 10 heteroatoms. The molecule has 0 unspecified atom stereocenters. The normalized spacial score (nSPS) is 19.4. The second-order valence-electron chi connectivity index (χ2n) is 7.71. The second kappa shape index (κ2) is 9.34. The maximum atomic E-state index is 12.5. The molecule has 3 rings (SSSR count). The van der Waals surface area contributed by atoms with Gasteiger partial charge < -0.3 is 10.6 Å². The first kappa shape index (κ1) is 22.5. The first-order chi connectivity index (χ1) is 14.7. The van der Waals surface area contributed by atoms with Gasteiger partial charge in [0.2, 0.25) is 5.91 Å². The molecule has 9 nitrogen and oxygen atoms in total. The molecule has 2 N–H and O–H groups in total. The molecule has 2 aliphatic heterocycles. The fourth-order valence-corrected chi connectivity index (χ4v) is 4.07. The van der Waals surface area contributed by atoms with Gasteiger partial charge in [-0.3, -0.25) is 29.0 Å². The highest BCUT2D eigenvalue weighted by molar-refractivity contribution is 8.18. The van der Waals surface area contributed by atoms with Gasteiger partial charge in [0.25, 0.3) is 17.1 Å². The Morgan fingerprint density at radius 2 is 1.81 bits per heavy atom. The Labute approximate surface area is 184 Å². The lowest BCUT2D eigenvalue weighted by Crippen LogP contribution is -2.40. The Morgan fingerprint density at radius 3 is 2.45 bits per heavy atom. The number of hydrogen-bond acceptors (Lipinski definition) is 6. The summed E-state index contributed by atoms with van der Waals surface area (Å²) in [7, 11) is 0. The summed E-state index contributed by atoms with van der Waals surface area (Å²) >= 11 is 0.874. The maximum Gasteiger partial charge on any atom is 0.325 e. The molecule has 6 amide bonds. The highest BCUT2D eigenvalue weighted by Crippen LogP contribution is 2.31. The highest BCUT2D eigenvalue weighted by atomic mass is 32.2. The molecule has 1 aromatic rings. The minimum Gasteiger partial charge on any atom is -0.354 e.